The molecule has 1 amide bonds. The third-order valence-corrected chi connectivity index (χ3v) is 3.34. The van der Waals surface area contributed by atoms with Crippen molar-refractivity contribution in [3.8, 4) is 0 Å². The molecule has 98 valence electrons. The van der Waals surface area contributed by atoms with Gasteiger partial charge in [0.1, 0.15) is 0 Å². The van der Waals surface area contributed by atoms with E-state index in [1.807, 2.05) is 63.4 Å². The Bertz CT molecular complexity index is 549. The molecule has 0 N–H and O–H groups in total. The molecule has 3 heteroatoms. The Labute approximate surface area is 113 Å². The van der Waals surface area contributed by atoms with Crippen molar-refractivity contribution in [2.75, 3.05) is 7.05 Å². The molecule has 2 rings (SSSR count). The van der Waals surface area contributed by atoms with Gasteiger partial charge in [0.15, 0.2) is 0 Å². The molecule has 19 heavy (non-hydrogen) atoms. The summed E-state index contributed by atoms with van der Waals surface area (Å²) in [5, 5.41) is 0. The first-order valence-electron chi connectivity index (χ1n) is 6.34. The van der Waals surface area contributed by atoms with E-state index in [-0.39, 0.29) is 11.9 Å². The summed E-state index contributed by atoms with van der Waals surface area (Å²) < 4.78 is 0. The Hall–Kier alpha value is -2.16. The Morgan fingerprint density at radius 1 is 1.16 bits per heavy atom. The lowest BCUT2D eigenvalue weighted by atomic mass is 10.1. The lowest BCUT2D eigenvalue weighted by Crippen LogP contribution is -2.29. The number of hydrogen-bond donors (Lipinski definition) is 0. The summed E-state index contributed by atoms with van der Waals surface area (Å²) in [6, 6.07) is 13.7. The minimum atomic E-state index is -0.0103. The first-order chi connectivity index (χ1) is 9.09. The molecule has 0 radical (unpaired) electrons. The SMILES string of the molecule is Cc1ccc(C(=O)N(C)C(C)c2ccccc2)cn1. The normalized spacial score (nSPS) is 11.9. The van der Waals surface area contributed by atoms with Gasteiger partial charge in [-0.15, -0.1) is 0 Å². The maximum atomic E-state index is 12.4. The summed E-state index contributed by atoms with van der Waals surface area (Å²) in [6.07, 6.45) is 1.63. The number of aryl methyl sites for hydroxylation is 1. The number of amides is 1. The standard InChI is InChI=1S/C16H18N2O/c1-12-9-10-15(11-17-12)16(19)18(3)13(2)14-7-5-4-6-8-14/h4-11,13H,1-3H3. The number of nitrogens with zero attached hydrogens (tertiary/aromatic N) is 2. The molecular weight excluding hydrogens is 236 g/mol. The van der Waals surface area contributed by atoms with Crippen molar-refractivity contribution >= 4 is 5.91 Å². The van der Waals surface area contributed by atoms with Crippen molar-refractivity contribution in [1.29, 1.82) is 0 Å². The Morgan fingerprint density at radius 2 is 1.84 bits per heavy atom. The summed E-state index contributed by atoms with van der Waals surface area (Å²) in [4.78, 5) is 18.3. The second-order valence-electron chi connectivity index (χ2n) is 4.69. The molecule has 0 aliphatic carbocycles. The number of hydrogen-bond acceptors (Lipinski definition) is 2. The molecule has 1 aromatic carbocycles. The quantitative estimate of drug-likeness (QED) is 0.842. The zero-order valence-electron chi connectivity index (χ0n) is 11.5. The Balaban J connectivity index is 2.17. The van der Waals surface area contributed by atoms with Crippen molar-refractivity contribution < 1.29 is 4.79 Å². The number of rotatable bonds is 3. The maximum Gasteiger partial charge on any atom is 0.255 e. The lowest BCUT2D eigenvalue weighted by molar-refractivity contribution is 0.0742. The van der Waals surface area contributed by atoms with Gasteiger partial charge in [-0.3, -0.25) is 9.78 Å². The number of benzene rings is 1. The molecule has 3 nitrogen and oxygen atoms in total. The van der Waals surface area contributed by atoms with Crippen molar-refractivity contribution in [2.24, 2.45) is 0 Å². The van der Waals surface area contributed by atoms with Crippen LogP contribution in [-0.4, -0.2) is 22.8 Å². The summed E-state index contributed by atoms with van der Waals surface area (Å²) in [5.41, 5.74) is 2.66. The fraction of sp³-hybridized carbons (Fsp3) is 0.250. The highest BCUT2D eigenvalue weighted by atomic mass is 16.2. The number of carbonyl (C=O) groups is 1. The van der Waals surface area contributed by atoms with Gasteiger partial charge in [0.2, 0.25) is 0 Å². The van der Waals surface area contributed by atoms with Crippen LogP contribution in [0.5, 0.6) is 0 Å². The number of pyridine rings is 1. The first-order valence-corrected chi connectivity index (χ1v) is 6.34. The highest BCUT2D eigenvalue weighted by Gasteiger charge is 2.18. The van der Waals surface area contributed by atoms with Crippen LogP contribution >= 0.6 is 0 Å². The zero-order valence-corrected chi connectivity index (χ0v) is 11.5. The molecule has 0 aliphatic heterocycles. The second-order valence-corrected chi connectivity index (χ2v) is 4.69. The molecule has 2 aromatic rings. The van der Waals surface area contributed by atoms with Crippen LogP contribution in [0.4, 0.5) is 0 Å². The molecular formula is C16H18N2O. The van der Waals surface area contributed by atoms with Gasteiger partial charge in [-0.05, 0) is 31.5 Å². The van der Waals surface area contributed by atoms with Crippen molar-refractivity contribution in [1.82, 2.24) is 9.88 Å². The minimum absolute atomic E-state index is 0.0103. The molecule has 1 unspecified atom stereocenters. The van der Waals surface area contributed by atoms with E-state index in [0.717, 1.165) is 11.3 Å². The zero-order chi connectivity index (χ0) is 13.8. The summed E-state index contributed by atoms with van der Waals surface area (Å²) >= 11 is 0. The Morgan fingerprint density at radius 3 is 2.42 bits per heavy atom. The van der Waals surface area contributed by atoms with Crippen molar-refractivity contribution in [3.05, 3.63) is 65.5 Å². The summed E-state index contributed by atoms with van der Waals surface area (Å²) in [5.74, 6) is -0.0103. The molecule has 1 atom stereocenters. The monoisotopic (exact) mass is 254 g/mol. The van der Waals surface area contributed by atoms with E-state index in [1.165, 1.54) is 0 Å². The van der Waals surface area contributed by atoms with Crippen LogP contribution in [0.25, 0.3) is 0 Å². The molecule has 1 heterocycles. The topological polar surface area (TPSA) is 33.2 Å². The number of carbonyl (C=O) groups excluding carboxylic acids is 1. The smallest absolute Gasteiger partial charge is 0.255 e. The van der Waals surface area contributed by atoms with Crippen LogP contribution in [0.1, 0.15) is 34.6 Å². The van der Waals surface area contributed by atoms with E-state index >= 15 is 0 Å². The highest BCUT2D eigenvalue weighted by Crippen LogP contribution is 2.20. The van der Waals surface area contributed by atoms with Crippen LogP contribution in [-0.2, 0) is 0 Å². The Kier molecular flexibility index (Phi) is 3.95. The first kappa shape index (κ1) is 13.3. The summed E-state index contributed by atoms with van der Waals surface area (Å²) in [7, 11) is 1.82. The predicted octanol–water partition coefficient (Wildman–Crippen LogP) is 3.22. The fourth-order valence-corrected chi connectivity index (χ4v) is 1.93. The van der Waals surface area contributed by atoms with Crippen LogP contribution in [0.2, 0.25) is 0 Å². The molecule has 1 aromatic heterocycles. The van der Waals surface area contributed by atoms with Gasteiger partial charge in [0.25, 0.3) is 5.91 Å². The van der Waals surface area contributed by atoms with E-state index in [2.05, 4.69) is 4.98 Å². The van der Waals surface area contributed by atoms with Crippen molar-refractivity contribution in [2.45, 2.75) is 19.9 Å². The highest BCUT2D eigenvalue weighted by molar-refractivity contribution is 5.94. The van der Waals surface area contributed by atoms with Gasteiger partial charge in [0.05, 0.1) is 11.6 Å². The van der Waals surface area contributed by atoms with E-state index in [9.17, 15) is 4.79 Å². The molecule has 0 fully saturated rings. The molecule has 0 saturated heterocycles. The average molecular weight is 254 g/mol. The van der Waals surface area contributed by atoms with Gasteiger partial charge < -0.3 is 4.90 Å². The van der Waals surface area contributed by atoms with Gasteiger partial charge in [0, 0.05) is 18.9 Å². The van der Waals surface area contributed by atoms with E-state index in [4.69, 9.17) is 0 Å². The van der Waals surface area contributed by atoms with Crippen molar-refractivity contribution in [3.63, 3.8) is 0 Å². The molecule has 0 bridgehead atoms. The van der Waals surface area contributed by atoms with Gasteiger partial charge in [-0.2, -0.15) is 0 Å². The third kappa shape index (κ3) is 2.99. The fourth-order valence-electron chi connectivity index (χ4n) is 1.93. The molecule has 0 saturated carbocycles. The lowest BCUT2D eigenvalue weighted by Gasteiger charge is -2.25. The van der Waals surface area contributed by atoms with Gasteiger partial charge >= 0.3 is 0 Å². The average Bonchev–Trinajstić information content (AvgIpc) is 2.46. The molecule has 0 spiro atoms. The number of aromatic nitrogens is 1. The largest absolute Gasteiger partial charge is 0.335 e. The van der Waals surface area contributed by atoms with E-state index in [1.54, 1.807) is 11.1 Å². The predicted molar refractivity (Wildman–Crippen MR) is 75.9 cm³/mol. The van der Waals surface area contributed by atoms with Crippen LogP contribution in [0, 0.1) is 6.92 Å². The third-order valence-electron chi connectivity index (χ3n) is 3.34. The van der Waals surface area contributed by atoms with Crippen LogP contribution in [0.3, 0.4) is 0 Å². The van der Waals surface area contributed by atoms with Crippen LogP contribution in [0.15, 0.2) is 48.7 Å². The van der Waals surface area contributed by atoms with Gasteiger partial charge in [-0.1, -0.05) is 30.3 Å². The van der Waals surface area contributed by atoms with E-state index in [0.29, 0.717) is 5.56 Å². The maximum absolute atomic E-state index is 12.4. The van der Waals surface area contributed by atoms with E-state index < -0.39 is 0 Å². The summed E-state index contributed by atoms with van der Waals surface area (Å²) in [6.45, 7) is 3.93. The van der Waals surface area contributed by atoms with Gasteiger partial charge in [-0.25, -0.2) is 0 Å². The molecule has 0 aliphatic rings. The minimum Gasteiger partial charge on any atom is -0.335 e. The van der Waals surface area contributed by atoms with Crippen LogP contribution < -0.4 is 0 Å². The second kappa shape index (κ2) is 5.65.